The summed E-state index contributed by atoms with van der Waals surface area (Å²) in [7, 11) is -3.54. The van der Waals surface area contributed by atoms with Gasteiger partial charge in [0.2, 0.25) is 10.0 Å². The molecule has 35 heavy (non-hydrogen) atoms. The maximum Gasteiger partial charge on any atom is 0.340 e. The van der Waals surface area contributed by atoms with Crippen molar-refractivity contribution in [2.75, 3.05) is 30.3 Å². The van der Waals surface area contributed by atoms with Gasteiger partial charge in [0.05, 0.1) is 23.3 Å². The van der Waals surface area contributed by atoms with Crippen molar-refractivity contribution in [1.82, 2.24) is 4.31 Å². The molecule has 0 saturated carbocycles. The Morgan fingerprint density at radius 2 is 1.69 bits per heavy atom. The maximum atomic E-state index is 12.7. The Hall–Kier alpha value is -3.63. The molecule has 1 fully saturated rings. The summed E-state index contributed by atoms with van der Waals surface area (Å²) in [6, 6.07) is 16.4. The molecular weight excluding hydrogens is 470 g/mol. The molecule has 1 aromatic heterocycles. The smallest absolute Gasteiger partial charge is 0.340 e. The number of esters is 1. The molecule has 2 aromatic carbocycles. The SMILES string of the molecule is O=C(COC(=O)c1ccccc1NCc1ccco1)Nc1ccc(S(=O)(=O)N2CCCCC2)cc1. The summed E-state index contributed by atoms with van der Waals surface area (Å²) in [4.78, 5) is 25.0. The minimum absolute atomic E-state index is 0.183. The molecule has 10 heteroatoms. The summed E-state index contributed by atoms with van der Waals surface area (Å²) in [5, 5.41) is 5.73. The Bertz CT molecular complexity index is 1250. The van der Waals surface area contributed by atoms with Crippen LogP contribution in [0, 0.1) is 0 Å². The van der Waals surface area contributed by atoms with Crippen LogP contribution >= 0.6 is 0 Å². The van der Waals surface area contributed by atoms with Crippen molar-refractivity contribution in [3.8, 4) is 0 Å². The Labute approximate surface area is 204 Å². The Morgan fingerprint density at radius 3 is 2.40 bits per heavy atom. The number of furan rings is 1. The minimum Gasteiger partial charge on any atom is -0.467 e. The molecule has 1 aliphatic rings. The predicted octanol–water partition coefficient (Wildman–Crippen LogP) is 3.86. The lowest BCUT2D eigenvalue weighted by Crippen LogP contribution is -2.35. The first-order chi connectivity index (χ1) is 16.9. The molecule has 0 atom stereocenters. The van der Waals surface area contributed by atoms with Gasteiger partial charge in [-0.15, -0.1) is 0 Å². The lowest BCUT2D eigenvalue weighted by Gasteiger charge is -2.25. The van der Waals surface area contributed by atoms with Gasteiger partial charge in [0.15, 0.2) is 6.61 Å². The van der Waals surface area contributed by atoms with Gasteiger partial charge in [-0.1, -0.05) is 18.6 Å². The van der Waals surface area contributed by atoms with E-state index >= 15 is 0 Å². The van der Waals surface area contributed by atoms with E-state index in [-0.39, 0.29) is 4.90 Å². The van der Waals surface area contributed by atoms with Gasteiger partial charge in [0, 0.05) is 24.5 Å². The normalized spacial score (nSPS) is 14.3. The number of anilines is 2. The third-order valence-corrected chi connectivity index (χ3v) is 7.52. The van der Waals surface area contributed by atoms with E-state index in [9.17, 15) is 18.0 Å². The highest BCUT2D eigenvalue weighted by molar-refractivity contribution is 7.89. The van der Waals surface area contributed by atoms with Crippen molar-refractivity contribution < 1.29 is 27.2 Å². The number of ether oxygens (including phenoxy) is 1. The molecule has 2 N–H and O–H groups in total. The number of para-hydroxylation sites is 1. The van der Waals surface area contributed by atoms with Crippen LogP contribution in [0.2, 0.25) is 0 Å². The van der Waals surface area contributed by atoms with Crippen LogP contribution in [0.5, 0.6) is 0 Å². The van der Waals surface area contributed by atoms with Crippen LogP contribution in [0.4, 0.5) is 11.4 Å². The second-order valence-electron chi connectivity index (χ2n) is 8.09. The van der Waals surface area contributed by atoms with Crippen molar-refractivity contribution in [1.29, 1.82) is 0 Å². The number of sulfonamides is 1. The number of carbonyl (C=O) groups is 2. The summed E-state index contributed by atoms with van der Waals surface area (Å²) in [6.45, 7) is 0.946. The molecule has 184 valence electrons. The van der Waals surface area contributed by atoms with Gasteiger partial charge in [0.25, 0.3) is 5.91 Å². The lowest BCUT2D eigenvalue weighted by molar-refractivity contribution is -0.119. The van der Waals surface area contributed by atoms with Gasteiger partial charge in [-0.3, -0.25) is 4.79 Å². The number of nitrogens with one attached hydrogen (secondary N) is 2. The number of hydrogen-bond acceptors (Lipinski definition) is 7. The Morgan fingerprint density at radius 1 is 0.943 bits per heavy atom. The molecule has 2 heterocycles. The highest BCUT2D eigenvalue weighted by Crippen LogP contribution is 2.22. The highest BCUT2D eigenvalue weighted by atomic mass is 32.2. The lowest BCUT2D eigenvalue weighted by atomic mass is 10.2. The molecule has 0 unspecified atom stereocenters. The Balaban J connectivity index is 1.30. The zero-order chi connectivity index (χ0) is 24.7. The van der Waals surface area contributed by atoms with E-state index < -0.39 is 28.5 Å². The van der Waals surface area contributed by atoms with Crippen molar-refractivity contribution >= 4 is 33.3 Å². The van der Waals surface area contributed by atoms with E-state index in [0.29, 0.717) is 42.3 Å². The fourth-order valence-electron chi connectivity index (χ4n) is 3.78. The van der Waals surface area contributed by atoms with Gasteiger partial charge in [-0.25, -0.2) is 13.2 Å². The zero-order valence-corrected chi connectivity index (χ0v) is 19.9. The average molecular weight is 498 g/mol. The minimum atomic E-state index is -3.54. The molecule has 0 aliphatic carbocycles. The van der Waals surface area contributed by atoms with Crippen LogP contribution in [0.25, 0.3) is 0 Å². The molecule has 1 saturated heterocycles. The number of amides is 1. The summed E-state index contributed by atoms with van der Waals surface area (Å²) in [6.07, 6.45) is 4.32. The average Bonchev–Trinajstić information content (AvgIpc) is 3.41. The number of rotatable bonds is 9. The third-order valence-electron chi connectivity index (χ3n) is 5.61. The first-order valence-electron chi connectivity index (χ1n) is 11.4. The van der Waals surface area contributed by atoms with E-state index in [2.05, 4.69) is 10.6 Å². The van der Waals surface area contributed by atoms with Crippen LogP contribution in [0.15, 0.2) is 76.2 Å². The van der Waals surface area contributed by atoms with Crippen LogP contribution in [0.3, 0.4) is 0 Å². The van der Waals surface area contributed by atoms with Crippen LogP contribution < -0.4 is 10.6 Å². The fourth-order valence-corrected chi connectivity index (χ4v) is 5.30. The third kappa shape index (κ3) is 6.28. The van der Waals surface area contributed by atoms with Crippen LogP contribution in [0.1, 0.15) is 35.4 Å². The van der Waals surface area contributed by atoms with Gasteiger partial charge in [-0.2, -0.15) is 4.31 Å². The van der Waals surface area contributed by atoms with Gasteiger partial charge in [0.1, 0.15) is 5.76 Å². The molecule has 0 bridgehead atoms. The summed E-state index contributed by atoms with van der Waals surface area (Å²) < 4.78 is 37.4. The summed E-state index contributed by atoms with van der Waals surface area (Å²) in [5.74, 6) is -0.473. The second-order valence-corrected chi connectivity index (χ2v) is 10.0. The standard InChI is InChI=1S/C25H27N3O6S/c29-24(27-19-10-12-21(13-11-19)35(31,32)28-14-4-1-5-15-28)18-34-25(30)22-8-2-3-9-23(22)26-17-20-7-6-16-33-20/h2-3,6-13,16,26H,1,4-5,14-15,17-18H2,(H,27,29). The molecule has 0 radical (unpaired) electrons. The largest absolute Gasteiger partial charge is 0.467 e. The number of benzene rings is 2. The molecule has 9 nitrogen and oxygen atoms in total. The van der Waals surface area contributed by atoms with Crippen LogP contribution in [-0.4, -0.2) is 44.3 Å². The van der Waals surface area contributed by atoms with E-state index in [0.717, 1.165) is 19.3 Å². The number of hydrogen-bond donors (Lipinski definition) is 2. The molecule has 4 rings (SSSR count). The van der Waals surface area contributed by atoms with Gasteiger partial charge >= 0.3 is 5.97 Å². The van der Waals surface area contributed by atoms with E-state index in [1.165, 1.54) is 28.6 Å². The highest BCUT2D eigenvalue weighted by Gasteiger charge is 2.25. The quantitative estimate of drug-likeness (QED) is 0.431. The van der Waals surface area contributed by atoms with E-state index in [4.69, 9.17) is 9.15 Å². The Kier molecular flexibility index (Phi) is 7.84. The fraction of sp³-hybridized carbons (Fsp3) is 0.280. The summed E-state index contributed by atoms with van der Waals surface area (Å²) in [5.41, 5.74) is 1.25. The first-order valence-corrected chi connectivity index (χ1v) is 12.8. The molecule has 1 aliphatic heterocycles. The van der Waals surface area contributed by atoms with Crippen molar-refractivity contribution in [2.24, 2.45) is 0 Å². The van der Waals surface area contributed by atoms with Crippen molar-refractivity contribution in [2.45, 2.75) is 30.7 Å². The summed E-state index contributed by atoms with van der Waals surface area (Å²) >= 11 is 0. The molecular formula is C25H27N3O6S. The van der Waals surface area contributed by atoms with Crippen molar-refractivity contribution in [3.63, 3.8) is 0 Å². The van der Waals surface area contributed by atoms with Crippen molar-refractivity contribution in [3.05, 3.63) is 78.3 Å². The number of carbonyl (C=O) groups excluding carboxylic acids is 2. The van der Waals surface area contributed by atoms with Crippen LogP contribution in [-0.2, 0) is 26.1 Å². The predicted molar refractivity (Wildman–Crippen MR) is 130 cm³/mol. The topological polar surface area (TPSA) is 118 Å². The van der Waals surface area contributed by atoms with Gasteiger partial charge < -0.3 is 19.8 Å². The van der Waals surface area contributed by atoms with E-state index in [1.54, 1.807) is 36.6 Å². The van der Waals surface area contributed by atoms with Gasteiger partial charge in [-0.05, 0) is 61.4 Å². The second kappa shape index (κ2) is 11.2. The first kappa shape index (κ1) is 24.5. The molecule has 0 spiro atoms. The number of piperidine rings is 1. The molecule has 3 aromatic rings. The zero-order valence-electron chi connectivity index (χ0n) is 19.1. The van der Waals surface area contributed by atoms with E-state index in [1.807, 2.05) is 6.07 Å². The monoisotopic (exact) mass is 497 g/mol. The molecule has 1 amide bonds. The number of nitrogens with zero attached hydrogens (tertiary/aromatic N) is 1. The maximum absolute atomic E-state index is 12.7.